The zero-order chi connectivity index (χ0) is 10.7. The van der Waals surface area contributed by atoms with Crippen molar-refractivity contribution in [1.82, 2.24) is 0 Å². The highest BCUT2D eigenvalue weighted by Crippen LogP contribution is 2.31. The number of Topliss-reactive ketones (excluding diaryl/α,β-unsaturated/α-hetero) is 1. The monoisotopic (exact) mass is 232 g/mol. The second-order valence-electron chi connectivity index (χ2n) is 2.91. The minimum Gasteiger partial charge on any atom is -0.458 e. The lowest BCUT2D eigenvalue weighted by atomic mass is 10.0. The molecule has 5 heteroatoms. The Bertz CT molecular complexity index is 270. The van der Waals surface area contributed by atoms with Crippen LogP contribution in [0.3, 0.4) is 0 Å². The van der Waals surface area contributed by atoms with Gasteiger partial charge in [-0.25, -0.2) is 4.79 Å². The molecule has 0 bridgehead atoms. The van der Waals surface area contributed by atoms with Crippen LogP contribution in [-0.2, 0) is 14.3 Å². The number of ether oxygens (including phenoxy) is 1. The Balaban J connectivity index is 3.02. The van der Waals surface area contributed by atoms with Crippen LogP contribution in [0.2, 0.25) is 0 Å². The molecule has 1 aliphatic rings. The van der Waals surface area contributed by atoms with Crippen molar-refractivity contribution in [3.05, 3.63) is 9.81 Å². The molecule has 1 rings (SSSR count). The molecule has 1 fully saturated rings. The van der Waals surface area contributed by atoms with Crippen LogP contribution in [-0.4, -0.2) is 30.4 Å². The molecule has 0 spiro atoms. The fraction of sp³-hybridized carbons (Fsp3) is 0.556. The highest BCUT2D eigenvalue weighted by molar-refractivity contribution is 8.21. The maximum atomic E-state index is 11.6. The molecule has 0 radical (unpaired) electrons. The maximum absolute atomic E-state index is 11.6. The van der Waals surface area contributed by atoms with Crippen molar-refractivity contribution >= 4 is 35.3 Å². The Kier molecular flexibility index (Phi) is 4.07. The van der Waals surface area contributed by atoms with E-state index < -0.39 is 5.97 Å². The average Bonchev–Trinajstić information content (AvgIpc) is 2.10. The number of thioether (sulfide) groups is 2. The maximum Gasteiger partial charge on any atom is 0.343 e. The third-order valence-electron chi connectivity index (χ3n) is 1.84. The second-order valence-corrected chi connectivity index (χ2v) is 4.81. The van der Waals surface area contributed by atoms with Crippen LogP contribution in [0.5, 0.6) is 0 Å². The van der Waals surface area contributed by atoms with E-state index in [1.54, 1.807) is 6.92 Å². The minimum absolute atomic E-state index is 0.104. The molecule has 1 aliphatic heterocycles. The van der Waals surface area contributed by atoms with Crippen molar-refractivity contribution in [3.63, 3.8) is 0 Å². The molecule has 0 aromatic rings. The van der Waals surface area contributed by atoms with Crippen LogP contribution in [0.1, 0.15) is 13.3 Å². The lowest BCUT2D eigenvalue weighted by molar-refractivity contribution is -0.149. The Morgan fingerprint density at radius 2 is 1.93 bits per heavy atom. The predicted molar refractivity (Wildman–Crippen MR) is 59.2 cm³/mol. The van der Waals surface area contributed by atoms with Crippen molar-refractivity contribution in [3.8, 4) is 0 Å². The molecule has 1 unspecified atom stereocenters. The zero-order valence-electron chi connectivity index (χ0n) is 8.33. The molecule has 3 nitrogen and oxygen atoms in total. The Morgan fingerprint density at radius 1 is 1.36 bits per heavy atom. The Hall–Kier alpha value is -0.420. The lowest BCUT2D eigenvalue weighted by Crippen LogP contribution is -2.30. The number of carbonyl (C=O) groups is 2. The van der Waals surface area contributed by atoms with Crippen molar-refractivity contribution < 1.29 is 14.3 Å². The van der Waals surface area contributed by atoms with Gasteiger partial charge in [0.25, 0.3) is 0 Å². The van der Waals surface area contributed by atoms with E-state index in [1.165, 1.54) is 23.5 Å². The summed E-state index contributed by atoms with van der Waals surface area (Å²) in [4.78, 5) is 23.0. The number of esters is 1. The Morgan fingerprint density at radius 3 is 2.36 bits per heavy atom. The summed E-state index contributed by atoms with van der Waals surface area (Å²) in [5, 5.41) is 0. The van der Waals surface area contributed by atoms with Gasteiger partial charge in [0.15, 0.2) is 5.78 Å². The van der Waals surface area contributed by atoms with Gasteiger partial charge in [0.1, 0.15) is 11.7 Å². The highest BCUT2D eigenvalue weighted by atomic mass is 32.2. The molecule has 1 heterocycles. The Labute approximate surface area is 91.6 Å². The summed E-state index contributed by atoms with van der Waals surface area (Å²) in [6.07, 6.45) is 3.70. The van der Waals surface area contributed by atoms with E-state index in [4.69, 9.17) is 4.74 Å². The van der Waals surface area contributed by atoms with Crippen molar-refractivity contribution in [2.24, 2.45) is 0 Å². The van der Waals surface area contributed by atoms with Gasteiger partial charge < -0.3 is 4.74 Å². The first-order valence-electron chi connectivity index (χ1n) is 4.16. The quantitative estimate of drug-likeness (QED) is 0.413. The molecule has 1 atom stereocenters. The number of rotatable bonds is 2. The van der Waals surface area contributed by atoms with Crippen molar-refractivity contribution in [2.45, 2.75) is 19.4 Å². The van der Waals surface area contributed by atoms with Crippen LogP contribution in [0.15, 0.2) is 9.81 Å². The van der Waals surface area contributed by atoms with Gasteiger partial charge in [-0.15, -0.1) is 23.5 Å². The molecule has 0 N–H and O–H groups in total. The molecule has 0 aromatic heterocycles. The van der Waals surface area contributed by atoms with Crippen molar-refractivity contribution in [1.29, 1.82) is 0 Å². The molecular weight excluding hydrogens is 220 g/mol. The van der Waals surface area contributed by atoms with Crippen LogP contribution in [0.4, 0.5) is 0 Å². The first-order chi connectivity index (χ1) is 6.60. The summed E-state index contributed by atoms with van der Waals surface area (Å²) in [6, 6.07) is 0. The second kappa shape index (κ2) is 4.89. The van der Waals surface area contributed by atoms with Crippen LogP contribution in [0, 0.1) is 0 Å². The fourth-order valence-corrected chi connectivity index (χ4v) is 2.71. The largest absolute Gasteiger partial charge is 0.458 e. The van der Waals surface area contributed by atoms with Gasteiger partial charge in [-0.2, -0.15) is 0 Å². The highest BCUT2D eigenvalue weighted by Gasteiger charge is 2.32. The molecule has 0 amide bonds. The minimum atomic E-state index is -0.479. The molecule has 1 saturated heterocycles. The summed E-state index contributed by atoms with van der Waals surface area (Å²) in [6.45, 7) is 1.73. The van der Waals surface area contributed by atoms with Crippen molar-refractivity contribution in [2.75, 3.05) is 12.5 Å². The topological polar surface area (TPSA) is 43.4 Å². The van der Waals surface area contributed by atoms with Gasteiger partial charge in [-0.05, 0) is 19.4 Å². The van der Waals surface area contributed by atoms with E-state index in [1.807, 2.05) is 12.5 Å². The third kappa shape index (κ3) is 2.33. The summed E-state index contributed by atoms with van der Waals surface area (Å²) in [5.74, 6) is -0.583. The average molecular weight is 232 g/mol. The molecule has 14 heavy (non-hydrogen) atoms. The molecule has 0 aliphatic carbocycles. The third-order valence-corrected chi connectivity index (χ3v) is 3.99. The van der Waals surface area contributed by atoms with E-state index >= 15 is 0 Å². The summed E-state index contributed by atoms with van der Waals surface area (Å²) < 4.78 is 5.75. The van der Waals surface area contributed by atoms with Crippen LogP contribution in [0.25, 0.3) is 0 Å². The van der Waals surface area contributed by atoms with Gasteiger partial charge in [-0.1, -0.05) is 0 Å². The summed E-state index contributed by atoms with van der Waals surface area (Å²) >= 11 is 2.81. The summed E-state index contributed by atoms with van der Waals surface area (Å²) in [7, 11) is 0. The van der Waals surface area contributed by atoms with Crippen LogP contribution < -0.4 is 0 Å². The zero-order valence-corrected chi connectivity index (χ0v) is 9.96. The van der Waals surface area contributed by atoms with Crippen LogP contribution >= 0.6 is 23.5 Å². The number of cyclic esters (lactones) is 1. The smallest absolute Gasteiger partial charge is 0.343 e. The molecule has 78 valence electrons. The SMILES string of the molecule is CSC(SC)=C1C(=O)CC(C)OC1=O. The van der Waals surface area contributed by atoms with Gasteiger partial charge in [-0.3, -0.25) is 4.79 Å². The number of hydrogen-bond acceptors (Lipinski definition) is 5. The number of hydrogen-bond donors (Lipinski definition) is 0. The van der Waals surface area contributed by atoms with E-state index in [-0.39, 0.29) is 17.5 Å². The van der Waals surface area contributed by atoms with E-state index in [9.17, 15) is 9.59 Å². The first-order valence-corrected chi connectivity index (χ1v) is 6.61. The number of ketones is 1. The van der Waals surface area contributed by atoms with E-state index in [0.717, 1.165) is 4.24 Å². The molecule has 0 saturated carbocycles. The number of carbonyl (C=O) groups excluding carboxylic acids is 2. The molecular formula is C9H12O3S2. The predicted octanol–water partition coefficient (Wildman–Crippen LogP) is 1.83. The van der Waals surface area contributed by atoms with Gasteiger partial charge in [0, 0.05) is 6.42 Å². The van der Waals surface area contributed by atoms with E-state index in [2.05, 4.69) is 0 Å². The van der Waals surface area contributed by atoms with Gasteiger partial charge in [0.05, 0.1) is 4.24 Å². The van der Waals surface area contributed by atoms with Gasteiger partial charge >= 0.3 is 5.97 Å². The summed E-state index contributed by atoms with van der Waals surface area (Å²) in [5.41, 5.74) is 0.225. The lowest BCUT2D eigenvalue weighted by Gasteiger charge is -2.21. The fourth-order valence-electron chi connectivity index (χ4n) is 1.24. The normalized spacial score (nSPS) is 22.2. The van der Waals surface area contributed by atoms with E-state index in [0.29, 0.717) is 6.42 Å². The molecule has 0 aromatic carbocycles. The van der Waals surface area contributed by atoms with Gasteiger partial charge in [0.2, 0.25) is 0 Å². The standard InChI is InChI=1S/C9H12O3S2/c1-5-4-6(10)7(8(11)12-5)9(13-2)14-3/h5H,4H2,1-3H3. The first kappa shape index (κ1) is 11.7.